The average Bonchev–Trinajstić information content (AvgIpc) is 3.62. The van der Waals surface area contributed by atoms with Gasteiger partial charge in [-0.3, -0.25) is 9.78 Å². The minimum Gasteiger partial charge on any atom is -0.497 e. The van der Waals surface area contributed by atoms with Crippen molar-refractivity contribution in [1.29, 1.82) is 0 Å². The van der Waals surface area contributed by atoms with Gasteiger partial charge in [0.1, 0.15) is 5.75 Å². The van der Waals surface area contributed by atoms with Crippen LogP contribution in [-0.2, 0) is 22.4 Å². The molecule has 1 aliphatic heterocycles. The van der Waals surface area contributed by atoms with E-state index in [0.717, 1.165) is 71.5 Å². The van der Waals surface area contributed by atoms with Gasteiger partial charge in [-0.05, 0) is 84.2 Å². The molecule has 0 saturated carbocycles. The summed E-state index contributed by atoms with van der Waals surface area (Å²) in [6.07, 6.45) is 5.41. The number of aryl methyl sites for hydroxylation is 1. The van der Waals surface area contributed by atoms with Crippen LogP contribution >= 0.6 is 0 Å². The van der Waals surface area contributed by atoms with Crippen LogP contribution < -0.4 is 14.2 Å². The van der Waals surface area contributed by atoms with E-state index in [1.54, 1.807) is 7.11 Å². The SMILES string of the molecule is CCCCOC(=O)[C@H]1[C@H](c2ccc(OC)cc2C[C@H](C)CO)c2nc(CCCC)ccc2[C@@H]1c1ccc2c(c1)OCO2. The molecule has 0 saturated heterocycles. The zero-order valence-corrected chi connectivity index (χ0v) is 25.2. The lowest BCUT2D eigenvalue weighted by atomic mass is 9.78. The highest BCUT2D eigenvalue weighted by Crippen LogP contribution is 2.54. The molecule has 7 nitrogen and oxygen atoms in total. The molecule has 42 heavy (non-hydrogen) atoms. The molecule has 2 heterocycles. The molecule has 0 radical (unpaired) electrons. The number of hydrogen-bond donors (Lipinski definition) is 1. The highest BCUT2D eigenvalue weighted by molar-refractivity contribution is 5.79. The number of ether oxygens (including phenoxy) is 4. The Morgan fingerprint density at radius 1 is 1.00 bits per heavy atom. The zero-order valence-electron chi connectivity index (χ0n) is 25.2. The molecule has 0 spiro atoms. The molecule has 1 aromatic heterocycles. The maximum Gasteiger partial charge on any atom is 0.310 e. The van der Waals surface area contributed by atoms with E-state index in [1.165, 1.54) is 0 Å². The number of hydrogen-bond acceptors (Lipinski definition) is 7. The number of esters is 1. The Balaban J connectivity index is 1.70. The van der Waals surface area contributed by atoms with E-state index in [2.05, 4.69) is 32.0 Å². The van der Waals surface area contributed by atoms with Crippen LogP contribution in [0.15, 0.2) is 48.5 Å². The van der Waals surface area contributed by atoms with Crippen LogP contribution in [0.4, 0.5) is 0 Å². The van der Waals surface area contributed by atoms with Gasteiger partial charge in [-0.25, -0.2) is 0 Å². The smallest absolute Gasteiger partial charge is 0.310 e. The average molecular weight is 574 g/mol. The number of pyridine rings is 1. The van der Waals surface area contributed by atoms with Gasteiger partial charge in [-0.1, -0.05) is 51.8 Å². The van der Waals surface area contributed by atoms with E-state index >= 15 is 0 Å². The largest absolute Gasteiger partial charge is 0.497 e. The van der Waals surface area contributed by atoms with Crippen LogP contribution in [0.1, 0.15) is 91.9 Å². The first-order valence-corrected chi connectivity index (χ1v) is 15.3. The number of unbranched alkanes of at least 4 members (excludes halogenated alkanes) is 2. The zero-order chi connectivity index (χ0) is 29.6. The monoisotopic (exact) mass is 573 g/mol. The predicted octanol–water partition coefficient (Wildman–Crippen LogP) is 6.57. The summed E-state index contributed by atoms with van der Waals surface area (Å²) >= 11 is 0. The molecule has 1 aliphatic carbocycles. The number of aliphatic hydroxyl groups excluding tert-OH is 1. The summed E-state index contributed by atoms with van der Waals surface area (Å²) in [6, 6.07) is 16.3. The van der Waals surface area contributed by atoms with Gasteiger partial charge < -0.3 is 24.1 Å². The fourth-order valence-electron chi connectivity index (χ4n) is 6.24. The lowest BCUT2D eigenvalue weighted by molar-refractivity contribution is -0.149. The van der Waals surface area contributed by atoms with Crippen molar-refractivity contribution in [2.75, 3.05) is 27.1 Å². The maximum absolute atomic E-state index is 14.2. The van der Waals surface area contributed by atoms with E-state index in [9.17, 15) is 9.90 Å². The quantitative estimate of drug-likeness (QED) is 0.183. The van der Waals surface area contributed by atoms with Crippen molar-refractivity contribution in [1.82, 2.24) is 4.98 Å². The first kappa shape index (κ1) is 29.9. The Morgan fingerprint density at radius 2 is 1.79 bits per heavy atom. The summed E-state index contributed by atoms with van der Waals surface area (Å²) in [7, 11) is 1.66. The second kappa shape index (κ2) is 13.6. The third-order valence-corrected chi connectivity index (χ3v) is 8.48. The number of carbonyl (C=O) groups is 1. The van der Waals surface area contributed by atoms with E-state index in [0.29, 0.717) is 24.5 Å². The number of fused-ring (bicyclic) bond motifs is 2. The van der Waals surface area contributed by atoms with Gasteiger partial charge in [0.15, 0.2) is 11.5 Å². The summed E-state index contributed by atoms with van der Waals surface area (Å²) in [5.74, 6) is 0.842. The second-order valence-electron chi connectivity index (χ2n) is 11.6. The molecule has 1 N–H and O–H groups in total. The summed E-state index contributed by atoms with van der Waals surface area (Å²) < 4.78 is 22.9. The standard InChI is InChI=1S/C35H43NO6/c1-5-7-9-25-11-13-28-31(23-10-15-29-30(19-23)42-21-41-29)33(35(38)40-16-8-6-2)32(34(28)36-25)27-14-12-26(39-4)18-24(27)17-22(3)20-37/h10-15,18-19,22,31-33,37H,5-9,16-17,20-21H2,1-4H3/t22-,31-,32-,33+/m0/s1. The minimum absolute atomic E-state index is 0.0418. The van der Waals surface area contributed by atoms with Gasteiger partial charge >= 0.3 is 5.97 Å². The molecule has 2 aromatic carbocycles. The van der Waals surface area contributed by atoms with Crippen LogP contribution in [0.25, 0.3) is 0 Å². The van der Waals surface area contributed by atoms with Gasteiger partial charge in [0, 0.05) is 24.1 Å². The van der Waals surface area contributed by atoms with E-state index in [1.807, 2.05) is 37.3 Å². The van der Waals surface area contributed by atoms with Crippen LogP contribution in [-0.4, -0.2) is 43.2 Å². The van der Waals surface area contributed by atoms with E-state index in [4.69, 9.17) is 23.9 Å². The number of rotatable bonds is 13. The van der Waals surface area contributed by atoms with Crippen LogP contribution in [0.5, 0.6) is 17.2 Å². The molecule has 4 atom stereocenters. The third-order valence-electron chi connectivity index (χ3n) is 8.48. The number of nitrogens with zero attached hydrogens (tertiary/aromatic N) is 1. The predicted molar refractivity (Wildman–Crippen MR) is 161 cm³/mol. The molecule has 7 heteroatoms. The highest BCUT2D eigenvalue weighted by Gasteiger charge is 2.49. The molecule has 3 aromatic rings. The van der Waals surface area contributed by atoms with Gasteiger partial charge in [0.05, 0.1) is 25.3 Å². The Morgan fingerprint density at radius 3 is 2.55 bits per heavy atom. The molecular formula is C35H43NO6. The molecule has 0 fully saturated rings. The number of aliphatic hydroxyl groups is 1. The van der Waals surface area contributed by atoms with Crippen molar-refractivity contribution in [3.8, 4) is 17.2 Å². The fraction of sp³-hybridized carbons (Fsp3) is 0.486. The number of methoxy groups -OCH3 is 1. The summed E-state index contributed by atoms with van der Waals surface area (Å²) in [4.78, 5) is 19.5. The molecule has 0 unspecified atom stereocenters. The van der Waals surface area contributed by atoms with Crippen molar-refractivity contribution < 1.29 is 28.8 Å². The second-order valence-corrected chi connectivity index (χ2v) is 11.6. The summed E-state index contributed by atoms with van der Waals surface area (Å²) in [6.45, 7) is 6.94. The molecule has 2 aliphatic rings. The summed E-state index contributed by atoms with van der Waals surface area (Å²) in [5, 5.41) is 9.94. The van der Waals surface area contributed by atoms with Crippen molar-refractivity contribution in [3.63, 3.8) is 0 Å². The molecule has 0 bridgehead atoms. The Kier molecular flexibility index (Phi) is 9.68. The van der Waals surface area contributed by atoms with Crippen molar-refractivity contribution in [2.45, 2.75) is 71.1 Å². The molecule has 0 amide bonds. The first-order chi connectivity index (χ1) is 20.5. The van der Waals surface area contributed by atoms with Crippen molar-refractivity contribution in [2.24, 2.45) is 11.8 Å². The Hall–Kier alpha value is -3.58. The third kappa shape index (κ3) is 6.12. The van der Waals surface area contributed by atoms with Crippen molar-refractivity contribution in [3.05, 3.63) is 82.2 Å². The Bertz CT molecular complexity index is 1390. The van der Waals surface area contributed by atoms with Crippen LogP contribution in [0, 0.1) is 11.8 Å². The molecule has 224 valence electrons. The maximum atomic E-state index is 14.2. The number of benzene rings is 2. The fourth-order valence-corrected chi connectivity index (χ4v) is 6.24. The lowest BCUT2D eigenvalue weighted by Gasteiger charge is -2.27. The normalized spacial score (nSPS) is 19.4. The highest BCUT2D eigenvalue weighted by atomic mass is 16.7. The van der Waals surface area contributed by atoms with E-state index in [-0.39, 0.29) is 37.1 Å². The Labute approximate surface area is 249 Å². The van der Waals surface area contributed by atoms with Crippen LogP contribution in [0.3, 0.4) is 0 Å². The van der Waals surface area contributed by atoms with Crippen LogP contribution in [0.2, 0.25) is 0 Å². The van der Waals surface area contributed by atoms with Gasteiger partial charge in [-0.15, -0.1) is 0 Å². The van der Waals surface area contributed by atoms with Crippen molar-refractivity contribution >= 4 is 5.97 Å². The lowest BCUT2D eigenvalue weighted by Crippen LogP contribution is -2.27. The molecule has 5 rings (SSSR count). The van der Waals surface area contributed by atoms with E-state index < -0.39 is 5.92 Å². The van der Waals surface area contributed by atoms with Gasteiger partial charge in [-0.2, -0.15) is 0 Å². The van der Waals surface area contributed by atoms with Gasteiger partial charge in [0.25, 0.3) is 0 Å². The number of carbonyl (C=O) groups excluding carboxylic acids is 1. The minimum atomic E-state index is -0.525. The van der Waals surface area contributed by atoms with Gasteiger partial charge in [0.2, 0.25) is 6.79 Å². The number of aromatic nitrogens is 1. The first-order valence-electron chi connectivity index (χ1n) is 15.3. The topological polar surface area (TPSA) is 87.1 Å². The molecular weight excluding hydrogens is 530 g/mol. The summed E-state index contributed by atoms with van der Waals surface area (Å²) in [5.41, 5.74) is 6.04.